The number of halogens is 1. The normalized spacial score (nSPS) is 10.0. The van der Waals surface area contributed by atoms with Gasteiger partial charge in [0.15, 0.2) is 0 Å². The number of amidine groups is 1. The molecule has 86 valence electrons. The van der Waals surface area contributed by atoms with Crippen molar-refractivity contribution in [3.05, 3.63) is 52.8 Å². The van der Waals surface area contributed by atoms with E-state index in [0.717, 1.165) is 15.7 Å². The molecule has 1 heterocycles. The van der Waals surface area contributed by atoms with Crippen LogP contribution >= 0.6 is 15.9 Å². The van der Waals surface area contributed by atoms with Crippen molar-refractivity contribution in [2.24, 2.45) is 0 Å². The molecule has 1 aromatic heterocycles. The molecule has 2 aromatic rings. The Morgan fingerprint density at radius 3 is 2.29 bits per heavy atom. The average Bonchev–Trinajstić information content (AvgIpc) is 2.39. The minimum Gasteiger partial charge on any atom is -0.290 e. The predicted molar refractivity (Wildman–Crippen MR) is 69.1 cm³/mol. The summed E-state index contributed by atoms with van der Waals surface area (Å²) in [7, 11) is 0. The topological polar surface area (TPSA) is 69.0 Å². The van der Waals surface area contributed by atoms with Gasteiger partial charge < -0.3 is 0 Å². The van der Waals surface area contributed by atoms with Crippen molar-refractivity contribution in [1.82, 2.24) is 10.5 Å². The monoisotopic (exact) mass is 291 g/mol. The third-order valence-electron chi connectivity index (χ3n) is 2.35. The van der Waals surface area contributed by atoms with Gasteiger partial charge in [-0.25, -0.2) is 4.98 Å². The quantitative estimate of drug-likeness (QED) is 0.345. The van der Waals surface area contributed by atoms with E-state index in [4.69, 9.17) is 10.6 Å². The molecule has 0 amide bonds. The Kier molecular flexibility index (Phi) is 3.51. The van der Waals surface area contributed by atoms with E-state index in [1.165, 1.54) is 0 Å². The molecule has 0 spiro atoms. The number of hydrogen-bond donors (Lipinski definition) is 3. The molecule has 0 aliphatic heterocycles. The number of benzene rings is 1. The van der Waals surface area contributed by atoms with Crippen LogP contribution in [0.5, 0.6) is 0 Å². The van der Waals surface area contributed by atoms with Crippen LogP contribution in [-0.4, -0.2) is 16.0 Å². The molecule has 0 saturated carbocycles. The van der Waals surface area contributed by atoms with Crippen molar-refractivity contribution >= 4 is 21.8 Å². The van der Waals surface area contributed by atoms with Crippen molar-refractivity contribution in [3.8, 4) is 11.1 Å². The molecule has 0 bridgehead atoms. The first kappa shape index (κ1) is 11.8. The smallest absolute Gasteiger partial charge is 0.149 e. The second-order valence-electron chi connectivity index (χ2n) is 3.43. The molecular weight excluding hydrogens is 282 g/mol. The second kappa shape index (κ2) is 5.07. The van der Waals surface area contributed by atoms with Gasteiger partial charge in [-0.05, 0) is 27.6 Å². The van der Waals surface area contributed by atoms with E-state index in [9.17, 15) is 0 Å². The number of aromatic nitrogens is 1. The zero-order valence-corrected chi connectivity index (χ0v) is 10.4. The van der Waals surface area contributed by atoms with Gasteiger partial charge in [-0.3, -0.25) is 16.1 Å². The molecule has 17 heavy (non-hydrogen) atoms. The largest absolute Gasteiger partial charge is 0.290 e. The first-order valence-electron chi connectivity index (χ1n) is 4.92. The van der Waals surface area contributed by atoms with Crippen LogP contribution in [0.3, 0.4) is 0 Å². The van der Waals surface area contributed by atoms with Crippen LogP contribution in [0.1, 0.15) is 5.56 Å². The molecule has 0 fully saturated rings. The Labute approximate surface area is 107 Å². The van der Waals surface area contributed by atoms with Crippen LogP contribution in [0.15, 0.2) is 47.2 Å². The third kappa shape index (κ3) is 2.69. The summed E-state index contributed by atoms with van der Waals surface area (Å²) in [6, 6.07) is 11.1. The third-order valence-corrected chi connectivity index (χ3v) is 2.82. The summed E-state index contributed by atoms with van der Waals surface area (Å²) >= 11 is 3.28. The molecule has 0 radical (unpaired) electrons. The Hall–Kier alpha value is -1.72. The first-order valence-corrected chi connectivity index (χ1v) is 5.71. The summed E-state index contributed by atoms with van der Waals surface area (Å²) in [4.78, 5) is 4.15. The lowest BCUT2D eigenvalue weighted by atomic mass is 10.1. The van der Waals surface area contributed by atoms with Crippen molar-refractivity contribution in [2.45, 2.75) is 0 Å². The summed E-state index contributed by atoms with van der Waals surface area (Å²) in [6.07, 6.45) is 1.77. The Bertz CT molecular complexity index is 522. The molecule has 4 nitrogen and oxygen atoms in total. The second-order valence-corrected chi connectivity index (χ2v) is 4.25. The fraction of sp³-hybridized carbons (Fsp3) is 0. The SMILES string of the molecule is N=C(NO)c1ccc(-c2ccc(Br)nc2)cc1. The maximum atomic E-state index is 8.62. The molecule has 0 unspecified atom stereocenters. The minimum atomic E-state index is -0.0227. The molecule has 0 aliphatic carbocycles. The Balaban J connectivity index is 2.29. The van der Waals surface area contributed by atoms with Crippen LogP contribution in [0.2, 0.25) is 0 Å². The number of pyridine rings is 1. The molecule has 0 saturated heterocycles. The number of rotatable bonds is 2. The van der Waals surface area contributed by atoms with Crippen LogP contribution in [0.4, 0.5) is 0 Å². The fourth-order valence-electron chi connectivity index (χ4n) is 1.44. The van der Waals surface area contributed by atoms with Crippen molar-refractivity contribution in [2.75, 3.05) is 0 Å². The lowest BCUT2D eigenvalue weighted by Crippen LogP contribution is -2.18. The predicted octanol–water partition coefficient (Wildman–Crippen LogP) is 2.82. The average molecular weight is 292 g/mol. The van der Waals surface area contributed by atoms with E-state index >= 15 is 0 Å². The van der Waals surface area contributed by atoms with Gasteiger partial charge in [0.25, 0.3) is 0 Å². The Morgan fingerprint density at radius 2 is 1.76 bits per heavy atom. The standard InChI is InChI=1S/C12H10BrN3O/c13-11-6-5-10(7-15-11)8-1-3-9(4-2-8)12(14)16-17/h1-7,17H,(H2,14,16). The van der Waals surface area contributed by atoms with Crippen molar-refractivity contribution in [1.29, 1.82) is 5.41 Å². The summed E-state index contributed by atoms with van der Waals surface area (Å²) in [5.74, 6) is -0.0227. The highest BCUT2D eigenvalue weighted by Gasteiger charge is 2.01. The van der Waals surface area contributed by atoms with Gasteiger partial charge in [0.05, 0.1) is 0 Å². The number of hydroxylamine groups is 1. The summed E-state index contributed by atoms with van der Waals surface area (Å²) in [5.41, 5.74) is 4.46. The summed E-state index contributed by atoms with van der Waals surface area (Å²) < 4.78 is 0.795. The maximum absolute atomic E-state index is 8.62. The highest BCUT2D eigenvalue weighted by Crippen LogP contribution is 2.20. The molecule has 3 N–H and O–H groups in total. The van der Waals surface area contributed by atoms with E-state index in [0.29, 0.717) is 5.56 Å². The van der Waals surface area contributed by atoms with Crippen LogP contribution in [0, 0.1) is 5.41 Å². The molecular formula is C12H10BrN3O. The van der Waals surface area contributed by atoms with Crippen LogP contribution < -0.4 is 5.48 Å². The van der Waals surface area contributed by atoms with E-state index in [1.54, 1.807) is 18.3 Å². The van der Waals surface area contributed by atoms with E-state index in [1.807, 2.05) is 29.7 Å². The Morgan fingerprint density at radius 1 is 1.12 bits per heavy atom. The molecule has 0 atom stereocenters. The van der Waals surface area contributed by atoms with Crippen LogP contribution in [-0.2, 0) is 0 Å². The summed E-state index contributed by atoms with van der Waals surface area (Å²) in [5, 5.41) is 16.0. The number of nitrogens with one attached hydrogen (secondary N) is 2. The molecule has 0 aliphatic rings. The van der Waals surface area contributed by atoms with Gasteiger partial charge in [0, 0.05) is 17.3 Å². The summed E-state index contributed by atoms with van der Waals surface area (Å²) in [6.45, 7) is 0. The van der Waals surface area contributed by atoms with Gasteiger partial charge in [-0.15, -0.1) is 0 Å². The number of nitrogens with zero attached hydrogens (tertiary/aromatic N) is 1. The highest BCUT2D eigenvalue weighted by atomic mass is 79.9. The van der Waals surface area contributed by atoms with Gasteiger partial charge in [-0.2, -0.15) is 0 Å². The van der Waals surface area contributed by atoms with Gasteiger partial charge >= 0.3 is 0 Å². The van der Waals surface area contributed by atoms with E-state index in [2.05, 4.69) is 20.9 Å². The van der Waals surface area contributed by atoms with Gasteiger partial charge in [-0.1, -0.05) is 30.3 Å². The lowest BCUT2D eigenvalue weighted by Gasteiger charge is -2.04. The van der Waals surface area contributed by atoms with Gasteiger partial charge in [0.2, 0.25) is 0 Å². The lowest BCUT2D eigenvalue weighted by molar-refractivity contribution is 0.234. The van der Waals surface area contributed by atoms with Gasteiger partial charge in [0.1, 0.15) is 10.4 Å². The zero-order valence-electron chi connectivity index (χ0n) is 8.81. The van der Waals surface area contributed by atoms with E-state index in [-0.39, 0.29) is 5.84 Å². The maximum Gasteiger partial charge on any atom is 0.149 e. The highest BCUT2D eigenvalue weighted by molar-refractivity contribution is 9.10. The number of hydrogen-bond acceptors (Lipinski definition) is 3. The fourth-order valence-corrected chi connectivity index (χ4v) is 1.68. The molecule has 5 heteroatoms. The van der Waals surface area contributed by atoms with Crippen molar-refractivity contribution < 1.29 is 5.21 Å². The zero-order chi connectivity index (χ0) is 12.3. The van der Waals surface area contributed by atoms with E-state index < -0.39 is 0 Å². The van der Waals surface area contributed by atoms with Crippen LogP contribution in [0.25, 0.3) is 11.1 Å². The first-order chi connectivity index (χ1) is 8.20. The minimum absolute atomic E-state index is 0.0227. The van der Waals surface area contributed by atoms with Crippen molar-refractivity contribution in [3.63, 3.8) is 0 Å². The molecule has 1 aromatic carbocycles. The molecule has 2 rings (SSSR count).